The number of nitrogen functional groups attached to an aromatic ring is 2. The number of carbonyl (C=O) groups is 1. The molecule has 1 aliphatic rings. The molecule has 0 atom stereocenters. The number of hydrogen-bond donors (Lipinski definition) is 3. The normalized spacial score (nSPS) is 15.2. The first-order valence-corrected chi connectivity index (χ1v) is 6.79. The number of benzene rings is 1. The molecule has 0 radical (unpaired) electrons. The summed E-state index contributed by atoms with van der Waals surface area (Å²) in [6.45, 7) is 3.35. The molecule has 0 aliphatic carbocycles. The maximum atomic E-state index is 11.4. The predicted octanol–water partition coefficient (Wildman–Crippen LogP) is 0.953. The summed E-state index contributed by atoms with van der Waals surface area (Å²) in [6, 6.07) is 5.53. The molecule has 5 N–H and O–H groups in total. The van der Waals surface area contributed by atoms with Gasteiger partial charge in [0, 0.05) is 37.4 Å². The molecule has 0 bridgehead atoms. The first kappa shape index (κ1) is 13.7. The molecule has 0 saturated carbocycles. The lowest BCUT2D eigenvalue weighted by Crippen LogP contribution is -2.28. The Bertz CT molecular complexity index is 447. The van der Waals surface area contributed by atoms with Crippen LogP contribution in [0.4, 0.5) is 11.4 Å². The van der Waals surface area contributed by atoms with E-state index in [1.807, 2.05) is 17.0 Å². The lowest BCUT2D eigenvalue weighted by Gasteiger charge is -2.15. The predicted molar refractivity (Wildman–Crippen MR) is 77.4 cm³/mol. The van der Waals surface area contributed by atoms with Crippen LogP contribution >= 0.6 is 0 Å². The molecule has 1 amide bonds. The second-order valence-electron chi connectivity index (χ2n) is 4.97. The molecule has 1 aromatic carbocycles. The summed E-state index contributed by atoms with van der Waals surface area (Å²) in [4.78, 5) is 13.4. The maximum Gasteiger partial charge on any atom is 0.222 e. The van der Waals surface area contributed by atoms with E-state index in [9.17, 15) is 4.79 Å². The molecule has 1 saturated heterocycles. The van der Waals surface area contributed by atoms with Crippen LogP contribution in [0.3, 0.4) is 0 Å². The van der Waals surface area contributed by atoms with Gasteiger partial charge in [-0.25, -0.2) is 0 Å². The van der Waals surface area contributed by atoms with E-state index in [1.54, 1.807) is 6.07 Å². The number of likely N-dealkylation sites (tertiary alicyclic amines) is 1. The van der Waals surface area contributed by atoms with Gasteiger partial charge in [0.05, 0.1) is 0 Å². The summed E-state index contributed by atoms with van der Waals surface area (Å²) in [5, 5.41) is 3.33. The van der Waals surface area contributed by atoms with E-state index in [2.05, 4.69) is 5.32 Å². The van der Waals surface area contributed by atoms with Gasteiger partial charge in [-0.1, -0.05) is 0 Å². The molecule has 0 unspecified atom stereocenters. The zero-order valence-corrected chi connectivity index (χ0v) is 11.2. The summed E-state index contributed by atoms with van der Waals surface area (Å²) >= 11 is 0. The fraction of sp³-hybridized carbons (Fsp3) is 0.500. The van der Waals surface area contributed by atoms with E-state index in [0.29, 0.717) is 18.9 Å². The summed E-state index contributed by atoms with van der Waals surface area (Å²) in [7, 11) is 0. The first-order chi connectivity index (χ1) is 9.16. The zero-order valence-electron chi connectivity index (χ0n) is 11.2. The van der Waals surface area contributed by atoms with E-state index >= 15 is 0 Å². The lowest BCUT2D eigenvalue weighted by atomic mass is 10.1. The molecule has 1 heterocycles. The van der Waals surface area contributed by atoms with Crippen molar-refractivity contribution < 1.29 is 4.79 Å². The first-order valence-electron chi connectivity index (χ1n) is 6.79. The Hall–Kier alpha value is -1.75. The van der Waals surface area contributed by atoms with Crippen molar-refractivity contribution in [3.63, 3.8) is 0 Å². The smallest absolute Gasteiger partial charge is 0.222 e. The average molecular weight is 262 g/mol. The van der Waals surface area contributed by atoms with Gasteiger partial charge in [-0.05, 0) is 43.1 Å². The van der Waals surface area contributed by atoms with Crippen LogP contribution in [0.1, 0.15) is 24.8 Å². The fourth-order valence-corrected chi connectivity index (χ4v) is 2.34. The van der Waals surface area contributed by atoms with Gasteiger partial charge in [-0.15, -0.1) is 0 Å². The van der Waals surface area contributed by atoms with Crippen molar-refractivity contribution in [1.29, 1.82) is 0 Å². The highest BCUT2D eigenvalue weighted by molar-refractivity contribution is 5.77. The molecule has 1 aromatic rings. The lowest BCUT2D eigenvalue weighted by molar-refractivity contribution is -0.127. The number of amides is 1. The minimum atomic E-state index is 0.292. The van der Waals surface area contributed by atoms with Crippen molar-refractivity contribution in [2.45, 2.75) is 25.8 Å². The summed E-state index contributed by atoms with van der Waals surface area (Å²) in [6.07, 6.45) is 2.69. The summed E-state index contributed by atoms with van der Waals surface area (Å²) < 4.78 is 0. The van der Waals surface area contributed by atoms with E-state index in [0.717, 1.165) is 49.4 Å². The number of anilines is 2. The van der Waals surface area contributed by atoms with Gasteiger partial charge < -0.3 is 21.7 Å². The van der Waals surface area contributed by atoms with Crippen molar-refractivity contribution in [1.82, 2.24) is 10.2 Å². The van der Waals surface area contributed by atoms with Crippen molar-refractivity contribution in [2.75, 3.05) is 31.1 Å². The van der Waals surface area contributed by atoms with Crippen LogP contribution in [-0.4, -0.2) is 30.4 Å². The Balaban J connectivity index is 1.66. The highest BCUT2D eigenvalue weighted by Gasteiger charge is 2.18. The summed E-state index contributed by atoms with van der Waals surface area (Å²) in [5.74, 6) is 0.292. The van der Waals surface area contributed by atoms with Gasteiger partial charge >= 0.3 is 0 Å². The van der Waals surface area contributed by atoms with Gasteiger partial charge in [-0.3, -0.25) is 4.79 Å². The molecular weight excluding hydrogens is 240 g/mol. The molecule has 0 aromatic heterocycles. The van der Waals surface area contributed by atoms with Crippen LogP contribution in [0, 0.1) is 0 Å². The van der Waals surface area contributed by atoms with Crippen LogP contribution in [0.25, 0.3) is 0 Å². The van der Waals surface area contributed by atoms with Crippen molar-refractivity contribution in [3.05, 3.63) is 23.8 Å². The minimum Gasteiger partial charge on any atom is -0.399 e. The Kier molecular flexibility index (Phi) is 4.63. The molecule has 2 rings (SSSR count). The molecule has 19 heavy (non-hydrogen) atoms. The van der Waals surface area contributed by atoms with E-state index in [1.165, 1.54) is 0 Å². The van der Waals surface area contributed by atoms with E-state index in [-0.39, 0.29) is 0 Å². The van der Waals surface area contributed by atoms with E-state index < -0.39 is 0 Å². The van der Waals surface area contributed by atoms with Gasteiger partial charge in [0.1, 0.15) is 0 Å². The standard InChI is InChI=1S/C14H22N4O/c15-12-4-5-13(16)11(9-12)10-17-6-2-8-18-7-1-3-14(18)19/h4-5,9,17H,1-3,6-8,10,15-16H2. The monoisotopic (exact) mass is 262 g/mol. The third-order valence-electron chi connectivity index (χ3n) is 3.44. The highest BCUT2D eigenvalue weighted by Crippen LogP contribution is 2.15. The number of carbonyl (C=O) groups excluding carboxylic acids is 1. The fourth-order valence-electron chi connectivity index (χ4n) is 2.34. The molecule has 0 spiro atoms. The topological polar surface area (TPSA) is 84.4 Å². The van der Waals surface area contributed by atoms with Gasteiger partial charge in [0.2, 0.25) is 5.91 Å². The second kappa shape index (κ2) is 6.43. The Morgan fingerprint density at radius 2 is 2.16 bits per heavy atom. The SMILES string of the molecule is Nc1ccc(N)c(CNCCCN2CCCC2=O)c1. The number of nitrogens with two attached hydrogens (primary N) is 2. The zero-order chi connectivity index (χ0) is 13.7. The molecule has 5 nitrogen and oxygen atoms in total. The van der Waals surface area contributed by atoms with Crippen LogP contribution in [-0.2, 0) is 11.3 Å². The summed E-state index contributed by atoms with van der Waals surface area (Å²) in [5.41, 5.74) is 14.1. The Morgan fingerprint density at radius 1 is 1.32 bits per heavy atom. The molecule has 104 valence electrons. The maximum absolute atomic E-state index is 11.4. The third-order valence-corrected chi connectivity index (χ3v) is 3.44. The Labute approximate surface area is 113 Å². The van der Waals surface area contributed by atoms with Crippen LogP contribution in [0.2, 0.25) is 0 Å². The quantitative estimate of drug-likeness (QED) is 0.526. The molecule has 5 heteroatoms. The van der Waals surface area contributed by atoms with Crippen LogP contribution < -0.4 is 16.8 Å². The second-order valence-corrected chi connectivity index (χ2v) is 4.97. The Morgan fingerprint density at radius 3 is 2.89 bits per heavy atom. The van der Waals surface area contributed by atoms with Crippen molar-refractivity contribution in [3.8, 4) is 0 Å². The van der Waals surface area contributed by atoms with Crippen molar-refractivity contribution in [2.24, 2.45) is 0 Å². The third kappa shape index (κ3) is 3.86. The van der Waals surface area contributed by atoms with Gasteiger partial charge in [-0.2, -0.15) is 0 Å². The molecule has 1 fully saturated rings. The average Bonchev–Trinajstić information content (AvgIpc) is 2.79. The van der Waals surface area contributed by atoms with Crippen LogP contribution in [0.15, 0.2) is 18.2 Å². The van der Waals surface area contributed by atoms with Crippen molar-refractivity contribution >= 4 is 17.3 Å². The van der Waals surface area contributed by atoms with Gasteiger partial charge in [0.25, 0.3) is 0 Å². The number of nitrogens with zero attached hydrogens (tertiary/aromatic N) is 1. The number of rotatable bonds is 6. The molecular formula is C14H22N4O. The minimum absolute atomic E-state index is 0.292. The molecule has 1 aliphatic heterocycles. The van der Waals surface area contributed by atoms with Gasteiger partial charge in [0.15, 0.2) is 0 Å². The van der Waals surface area contributed by atoms with Crippen LogP contribution in [0.5, 0.6) is 0 Å². The number of hydrogen-bond acceptors (Lipinski definition) is 4. The highest BCUT2D eigenvalue weighted by atomic mass is 16.2. The number of nitrogens with one attached hydrogen (secondary N) is 1. The van der Waals surface area contributed by atoms with E-state index in [4.69, 9.17) is 11.5 Å². The largest absolute Gasteiger partial charge is 0.399 e.